The highest BCUT2D eigenvalue weighted by Gasteiger charge is 2.13. The van der Waals surface area contributed by atoms with Crippen LogP contribution < -0.4 is 5.73 Å². The Morgan fingerprint density at radius 2 is 2.00 bits per heavy atom. The molecule has 0 bridgehead atoms. The van der Waals surface area contributed by atoms with Gasteiger partial charge >= 0.3 is 0 Å². The van der Waals surface area contributed by atoms with Gasteiger partial charge in [-0.1, -0.05) is 11.6 Å². The molecule has 1 saturated heterocycles. The van der Waals surface area contributed by atoms with E-state index in [1.165, 1.54) is 26.2 Å². The molecule has 0 aromatic heterocycles. The van der Waals surface area contributed by atoms with E-state index >= 15 is 0 Å². The smallest absolute Gasteiger partial charge is 0.0562 e. The topological polar surface area (TPSA) is 32.5 Å². The maximum absolute atomic E-state index is 6.15. The van der Waals surface area contributed by atoms with Gasteiger partial charge < -0.3 is 10.6 Å². The Hall–Kier alpha value is -0.420. The van der Waals surface area contributed by atoms with Gasteiger partial charge in [-0.25, -0.2) is 0 Å². The first kappa shape index (κ1) is 14.0. The summed E-state index contributed by atoms with van der Waals surface area (Å²) in [4.78, 5) is 6.01. The predicted molar refractivity (Wildman–Crippen MR) is 80.5 cm³/mol. The zero-order chi connectivity index (χ0) is 13.0. The van der Waals surface area contributed by atoms with E-state index in [0.29, 0.717) is 0 Å². The van der Waals surface area contributed by atoms with Gasteiger partial charge in [-0.05, 0) is 25.2 Å². The second-order valence-corrected chi connectivity index (χ2v) is 6.23. The Labute approximate surface area is 118 Å². The summed E-state index contributed by atoms with van der Waals surface area (Å²) < 4.78 is 0. The molecular weight excluding hydrogens is 266 g/mol. The number of halogens is 1. The number of thioether (sulfide) groups is 1. The molecule has 0 amide bonds. The maximum atomic E-state index is 6.15. The molecule has 1 aliphatic rings. The van der Waals surface area contributed by atoms with Crippen LogP contribution in [0.3, 0.4) is 0 Å². The van der Waals surface area contributed by atoms with Crippen LogP contribution in [0.5, 0.6) is 0 Å². The predicted octanol–water partition coefficient (Wildman–Crippen LogP) is 2.26. The Balaban J connectivity index is 1.75. The van der Waals surface area contributed by atoms with Gasteiger partial charge in [0.05, 0.1) is 5.02 Å². The molecule has 3 nitrogen and oxygen atoms in total. The molecule has 1 fully saturated rings. The van der Waals surface area contributed by atoms with E-state index < -0.39 is 0 Å². The highest BCUT2D eigenvalue weighted by Crippen LogP contribution is 2.28. The summed E-state index contributed by atoms with van der Waals surface area (Å²) in [5, 5.41) is 0.762. The van der Waals surface area contributed by atoms with E-state index in [1.807, 2.05) is 30.0 Å². The molecule has 100 valence electrons. The van der Waals surface area contributed by atoms with Crippen LogP contribution in [0.25, 0.3) is 0 Å². The molecule has 2 rings (SSSR count). The molecule has 1 aromatic carbocycles. The average molecular weight is 286 g/mol. The van der Waals surface area contributed by atoms with Crippen LogP contribution in [0.1, 0.15) is 0 Å². The zero-order valence-electron chi connectivity index (χ0n) is 10.7. The van der Waals surface area contributed by atoms with Gasteiger partial charge in [0.25, 0.3) is 0 Å². The molecule has 1 aliphatic heterocycles. The van der Waals surface area contributed by atoms with Crippen LogP contribution in [-0.4, -0.2) is 55.3 Å². The van der Waals surface area contributed by atoms with Gasteiger partial charge in [0.15, 0.2) is 0 Å². The maximum Gasteiger partial charge on any atom is 0.0562 e. The molecule has 0 radical (unpaired) electrons. The number of likely N-dealkylation sites (N-methyl/N-ethyl adjacent to an activating group) is 1. The molecule has 1 aromatic rings. The second kappa shape index (κ2) is 6.66. The minimum Gasteiger partial charge on any atom is -0.399 e. The van der Waals surface area contributed by atoms with E-state index in [9.17, 15) is 0 Å². The lowest BCUT2D eigenvalue weighted by atomic mass is 10.3. The van der Waals surface area contributed by atoms with Crippen molar-refractivity contribution in [1.29, 1.82) is 0 Å². The summed E-state index contributed by atoms with van der Waals surface area (Å²) in [6, 6.07) is 5.73. The molecule has 0 saturated carbocycles. The van der Waals surface area contributed by atoms with E-state index in [-0.39, 0.29) is 0 Å². The van der Waals surface area contributed by atoms with Gasteiger partial charge in [-0.2, -0.15) is 0 Å². The van der Waals surface area contributed by atoms with Crippen molar-refractivity contribution in [3.8, 4) is 0 Å². The van der Waals surface area contributed by atoms with Crippen LogP contribution in [0.4, 0.5) is 5.69 Å². The quantitative estimate of drug-likeness (QED) is 0.679. The van der Waals surface area contributed by atoms with Crippen molar-refractivity contribution in [3.05, 3.63) is 23.2 Å². The van der Waals surface area contributed by atoms with Gasteiger partial charge in [0.1, 0.15) is 0 Å². The van der Waals surface area contributed by atoms with E-state index in [2.05, 4.69) is 16.8 Å². The molecule has 1 heterocycles. The number of anilines is 1. The lowest BCUT2D eigenvalue weighted by Gasteiger charge is -2.32. The minimum absolute atomic E-state index is 0.725. The van der Waals surface area contributed by atoms with Gasteiger partial charge in [-0.3, -0.25) is 4.90 Å². The molecule has 0 spiro atoms. The van der Waals surface area contributed by atoms with Crippen LogP contribution in [0.2, 0.25) is 5.02 Å². The normalized spacial score (nSPS) is 18.1. The number of nitrogens with zero attached hydrogens (tertiary/aromatic N) is 2. The summed E-state index contributed by atoms with van der Waals surface area (Å²) in [5.41, 5.74) is 6.40. The number of nitrogens with two attached hydrogens (primary N) is 1. The highest BCUT2D eigenvalue weighted by atomic mass is 35.5. The third kappa shape index (κ3) is 4.05. The first-order valence-electron chi connectivity index (χ1n) is 6.24. The van der Waals surface area contributed by atoms with Crippen molar-refractivity contribution in [3.63, 3.8) is 0 Å². The van der Waals surface area contributed by atoms with Gasteiger partial charge in [0.2, 0.25) is 0 Å². The molecule has 0 atom stereocenters. The summed E-state index contributed by atoms with van der Waals surface area (Å²) in [7, 11) is 2.18. The Morgan fingerprint density at radius 1 is 1.28 bits per heavy atom. The lowest BCUT2D eigenvalue weighted by Crippen LogP contribution is -2.45. The number of hydrogen-bond acceptors (Lipinski definition) is 4. The second-order valence-electron chi connectivity index (χ2n) is 4.68. The van der Waals surface area contributed by atoms with Crippen LogP contribution in [0, 0.1) is 0 Å². The number of benzene rings is 1. The molecule has 5 heteroatoms. The third-order valence-corrected chi connectivity index (χ3v) is 4.70. The van der Waals surface area contributed by atoms with E-state index in [1.54, 1.807) is 0 Å². The fourth-order valence-corrected chi connectivity index (χ4v) is 3.27. The average Bonchev–Trinajstić information content (AvgIpc) is 2.34. The fraction of sp³-hybridized carbons (Fsp3) is 0.538. The standard InChI is InChI=1S/C13H20ClN3S/c1-16-4-6-17(7-5-16)8-9-18-13-3-2-11(15)10-12(13)14/h2-3,10H,4-9,15H2,1H3. The van der Waals surface area contributed by atoms with E-state index in [4.69, 9.17) is 17.3 Å². The van der Waals surface area contributed by atoms with Gasteiger partial charge in [-0.15, -0.1) is 11.8 Å². The van der Waals surface area contributed by atoms with Crippen LogP contribution in [0.15, 0.2) is 23.1 Å². The van der Waals surface area contributed by atoms with Crippen molar-refractivity contribution < 1.29 is 0 Å². The number of piperazine rings is 1. The largest absolute Gasteiger partial charge is 0.399 e. The third-order valence-electron chi connectivity index (χ3n) is 3.22. The Bertz CT molecular complexity index is 392. The summed E-state index contributed by atoms with van der Waals surface area (Å²) in [6.45, 7) is 5.82. The molecule has 0 aliphatic carbocycles. The molecular formula is C13H20ClN3S. The van der Waals surface area contributed by atoms with Gasteiger partial charge in [0, 0.05) is 49.1 Å². The zero-order valence-corrected chi connectivity index (χ0v) is 12.3. The van der Waals surface area contributed by atoms with E-state index in [0.717, 1.165) is 27.9 Å². The first-order valence-corrected chi connectivity index (χ1v) is 7.60. The van der Waals surface area contributed by atoms with Crippen molar-refractivity contribution in [2.24, 2.45) is 0 Å². The van der Waals surface area contributed by atoms with Crippen molar-refractivity contribution in [1.82, 2.24) is 9.80 Å². The van der Waals surface area contributed by atoms with Crippen LogP contribution >= 0.6 is 23.4 Å². The number of rotatable bonds is 4. The first-order chi connectivity index (χ1) is 8.65. The Morgan fingerprint density at radius 3 is 2.67 bits per heavy atom. The summed E-state index contributed by atoms with van der Waals surface area (Å²) in [6.07, 6.45) is 0. The highest BCUT2D eigenvalue weighted by molar-refractivity contribution is 7.99. The van der Waals surface area contributed by atoms with Crippen LogP contribution in [-0.2, 0) is 0 Å². The molecule has 0 unspecified atom stereocenters. The summed E-state index contributed by atoms with van der Waals surface area (Å²) in [5.74, 6) is 1.08. The number of nitrogen functional groups attached to an aromatic ring is 1. The fourth-order valence-electron chi connectivity index (χ4n) is 1.99. The lowest BCUT2D eigenvalue weighted by molar-refractivity contribution is 0.161. The summed E-state index contributed by atoms with van der Waals surface area (Å²) >= 11 is 7.96. The molecule has 18 heavy (non-hydrogen) atoms. The molecule has 2 N–H and O–H groups in total. The van der Waals surface area contributed by atoms with Crippen molar-refractivity contribution >= 4 is 29.1 Å². The minimum atomic E-state index is 0.725. The van der Waals surface area contributed by atoms with Crippen molar-refractivity contribution in [2.75, 3.05) is 51.3 Å². The monoisotopic (exact) mass is 285 g/mol. The SMILES string of the molecule is CN1CCN(CCSc2ccc(N)cc2Cl)CC1. The Kier molecular flexibility index (Phi) is 5.18. The van der Waals surface area contributed by atoms with Crippen molar-refractivity contribution in [2.45, 2.75) is 4.90 Å². The number of hydrogen-bond donors (Lipinski definition) is 1.